The summed E-state index contributed by atoms with van der Waals surface area (Å²) in [4.78, 5) is 45.0. The van der Waals surface area contributed by atoms with E-state index in [0.29, 0.717) is 72.8 Å². The SMILES string of the molecule is C#Cc1ccc(C2CN(C(=O)c3ccc(C)c(-c4[nH]nc(OCCO)c4C)c3)C2)cc1.COCCOc1n[nH]c(-c2cc(C(=O)N3CC(c4ccc(C)cc4)C3)ccc2C)c1C.COc1n[nH]c(-c2cc(C(=O)N3CC(c4ccc(C)cc4)C3)c(C)cc2C)c1C. The molecule has 0 unspecified atom stereocenters. The first-order chi connectivity index (χ1) is 43.9. The minimum atomic E-state index is -0.0739. The van der Waals surface area contributed by atoms with E-state index in [9.17, 15) is 14.4 Å². The number of nitrogens with one attached hydrogen (secondary N) is 3. The number of hydrogen-bond donors (Lipinski definition) is 4. The highest BCUT2D eigenvalue weighted by Crippen LogP contribution is 2.37. The Bertz CT molecular complexity index is 4100. The maximum Gasteiger partial charge on any atom is 0.254 e. The van der Waals surface area contributed by atoms with Gasteiger partial charge < -0.3 is 38.8 Å². The minimum absolute atomic E-state index is 0.0201. The van der Waals surface area contributed by atoms with Crippen LogP contribution in [0.2, 0.25) is 0 Å². The van der Waals surface area contributed by atoms with E-state index < -0.39 is 0 Å². The third-order valence-electron chi connectivity index (χ3n) is 17.7. The van der Waals surface area contributed by atoms with Crippen LogP contribution in [-0.2, 0) is 4.74 Å². The number of aromatic nitrogens is 6. The first-order valence-electron chi connectivity index (χ1n) is 30.8. The maximum absolute atomic E-state index is 13.2. The average molecular weight is 1220 g/mol. The Labute approximate surface area is 533 Å². The van der Waals surface area contributed by atoms with Crippen LogP contribution in [0.25, 0.3) is 33.8 Å². The molecule has 0 bridgehead atoms. The van der Waals surface area contributed by atoms with Gasteiger partial charge in [-0.3, -0.25) is 29.7 Å². The van der Waals surface area contributed by atoms with Gasteiger partial charge in [0.25, 0.3) is 17.7 Å². The van der Waals surface area contributed by atoms with Gasteiger partial charge in [0.1, 0.15) is 13.2 Å². The van der Waals surface area contributed by atoms with Crippen molar-refractivity contribution in [3.05, 3.63) is 210 Å². The lowest BCUT2D eigenvalue weighted by molar-refractivity contribution is 0.0595. The lowest BCUT2D eigenvalue weighted by atomic mass is 9.89. The predicted octanol–water partition coefficient (Wildman–Crippen LogP) is 12.1. The molecule has 4 N–H and O–H groups in total. The van der Waals surface area contributed by atoms with E-state index in [1.165, 1.54) is 27.8 Å². The molecule has 3 saturated heterocycles. The summed E-state index contributed by atoms with van der Waals surface area (Å²) >= 11 is 0. The topological polar surface area (TPSA) is 204 Å². The summed E-state index contributed by atoms with van der Waals surface area (Å²) in [6.45, 7) is 23.6. The van der Waals surface area contributed by atoms with Gasteiger partial charge in [0, 0.05) is 120 Å². The molecule has 17 nitrogen and oxygen atoms in total. The van der Waals surface area contributed by atoms with E-state index in [0.717, 1.165) is 110 Å². The Morgan fingerprint density at radius 1 is 0.484 bits per heavy atom. The molecule has 6 aromatic carbocycles. The van der Waals surface area contributed by atoms with E-state index in [-0.39, 0.29) is 30.9 Å². The second kappa shape index (κ2) is 28.4. The molecule has 3 amide bonds. The van der Waals surface area contributed by atoms with Crippen molar-refractivity contribution in [2.24, 2.45) is 0 Å². The Morgan fingerprint density at radius 3 is 1.29 bits per heavy atom. The van der Waals surface area contributed by atoms with Gasteiger partial charge in [-0.2, -0.15) is 0 Å². The molecule has 0 atom stereocenters. The molecule has 3 fully saturated rings. The van der Waals surface area contributed by atoms with Crippen LogP contribution in [0.1, 0.15) is 121 Å². The molecule has 0 saturated carbocycles. The number of carbonyl (C=O) groups excluding carboxylic acids is 3. The third-order valence-corrected chi connectivity index (χ3v) is 17.7. The number of likely N-dealkylation sites (tertiary alicyclic amines) is 3. The zero-order valence-electron chi connectivity index (χ0n) is 53.9. The van der Waals surface area contributed by atoms with Crippen LogP contribution in [0, 0.1) is 74.7 Å². The Morgan fingerprint density at radius 2 is 0.879 bits per heavy atom. The summed E-state index contributed by atoms with van der Waals surface area (Å²) in [5, 5.41) is 30.8. The third kappa shape index (κ3) is 14.2. The van der Waals surface area contributed by atoms with Crippen LogP contribution in [0.15, 0.2) is 121 Å². The molecule has 3 aliphatic heterocycles. The molecule has 0 radical (unpaired) electrons. The number of aliphatic hydroxyl groups excluding tert-OH is 1. The highest BCUT2D eigenvalue weighted by Gasteiger charge is 2.36. The second-order valence-electron chi connectivity index (χ2n) is 24.1. The number of hydrogen-bond acceptors (Lipinski definition) is 11. The van der Waals surface area contributed by atoms with Gasteiger partial charge in [0.15, 0.2) is 0 Å². The van der Waals surface area contributed by atoms with Gasteiger partial charge in [-0.15, -0.1) is 21.7 Å². The fourth-order valence-corrected chi connectivity index (χ4v) is 11.8. The number of rotatable bonds is 17. The number of amides is 3. The fourth-order valence-electron chi connectivity index (χ4n) is 11.8. The molecule has 12 rings (SSSR count). The predicted molar refractivity (Wildman–Crippen MR) is 354 cm³/mol. The van der Waals surface area contributed by atoms with Gasteiger partial charge in [0.05, 0.1) is 37.4 Å². The zero-order valence-corrected chi connectivity index (χ0v) is 53.9. The molecule has 9 aromatic rings. The van der Waals surface area contributed by atoms with Gasteiger partial charge in [-0.25, -0.2) is 0 Å². The number of carbonyl (C=O) groups is 3. The lowest BCUT2D eigenvalue weighted by Crippen LogP contribution is -2.48. The van der Waals surface area contributed by atoms with Crippen molar-refractivity contribution in [1.82, 2.24) is 45.3 Å². The smallest absolute Gasteiger partial charge is 0.254 e. The maximum atomic E-state index is 13.2. The first kappa shape index (κ1) is 64.2. The average Bonchev–Trinajstić information content (AvgIpc) is 1.63. The summed E-state index contributed by atoms with van der Waals surface area (Å²) in [6, 6.07) is 40.8. The van der Waals surface area contributed by atoms with E-state index in [2.05, 4.69) is 112 Å². The Hall–Kier alpha value is -9.76. The highest BCUT2D eigenvalue weighted by atomic mass is 16.5. The van der Waals surface area contributed by atoms with E-state index in [4.69, 9.17) is 30.5 Å². The van der Waals surface area contributed by atoms with Crippen LogP contribution in [0.5, 0.6) is 17.6 Å². The van der Waals surface area contributed by atoms with Crippen molar-refractivity contribution in [2.75, 3.05) is 79.9 Å². The molecule has 91 heavy (non-hydrogen) atoms. The standard InChI is InChI=1S/C25H29N3O3.C25H25N3O3.C24H27N3O2/c1-16-5-8-19(9-6-16)21-14-28(15-21)25(29)20-10-7-17(2)22(13-20)23-18(3)24(27-26-23)31-12-11-30-4;1-4-18-6-9-19(10-7-18)21-14-28(15-21)25(30)20-8-5-16(2)22(13-20)23-17(3)24(27-26-23)31-12-11-29;1-14-6-8-18(9-7-14)19-12-27(13-19)24(28)21-11-20(15(2)10-16(21)3)22-17(4)23(29-5)26-25-22/h5-10,13,21H,11-12,14-15H2,1-4H3,(H,26,27);1,5-10,13,21,29H,11-12,14-15H2,2-3H3,(H,26,27);6-11,19H,12-13H2,1-5H3,(H,25,26). The number of aryl methyl sites for hydroxylation is 6. The van der Waals surface area contributed by atoms with Crippen molar-refractivity contribution in [3.8, 4) is 63.8 Å². The molecule has 470 valence electrons. The van der Waals surface area contributed by atoms with Crippen molar-refractivity contribution in [1.29, 1.82) is 0 Å². The molecule has 3 aliphatic rings. The number of H-pyrrole nitrogens is 3. The first-order valence-corrected chi connectivity index (χ1v) is 30.8. The summed E-state index contributed by atoms with van der Waals surface area (Å²) in [6.07, 6.45) is 5.42. The summed E-state index contributed by atoms with van der Waals surface area (Å²) in [7, 11) is 3.25. The fraction of sp³-hybridized carbons (Fsp3) is 0.324. The van der Waals surface area contributed by atoms with Crippen molar-refractivity contribution in [2.45, 2.75) is 80.1 Å². The monoisotopic (exact) mass is 1220 g/mol. The van der Waals surface area contributed by atoms with Crippen molar-refractivity contribution in [3.63, 3.8) is 0 Å². The number of nitrogens with zero attached hydrogens (tertiary/aromatic N) is 6. The van der Waals surface area contributed by atoms with Gasteiger partial charge >= 0.3 is 0 Å². The van der Waals surface area contributed by atoms with Gasteiger partial charge in [-0.05, 0) is 144 Å². The number of methoxy groups -OCH3 is 2. The van der Waals surface area contributed by atoms with E-state index in [1.807, 2.05) is 123 Å². The summed E-state index contributed by atoms with van der Waals surface area (Å²) < 4.78 is 21.5. The van der Waals surface area contributed by atoms with Crippen molar-refractivity contribution >= 4 is 17.7 Å². The molecule has 3 aromatic heterocycles. The minimum Gasteiger partial charge on any atom is -0.480 e. The number of aliphatic hydroxyl groups is 1. The molecular weight excluding hydrogens is 1140 g/mol. The molecular formula is C74H81N9O8. The van der Waals surface area contributed by atoms with E-state index in [1.54, 1.807) is 14.2 Å². The van der Waals surface area contributed by atoms with Crippen molar-refractivity contribution < 1.29 is 38.4 Å². The number of ether oxygens (including phenoxy) is 4. The van der Waals surface area contributed by atoms with Crippen LogP contribution < -0.4 is 14.2 Å². The summed E-state index contributed by atoms with van der Waals surface area (Å²) in [5.41, 5.74) is 21.7. The largest absolute Gasteiger partial charge is 0.480 e. The Balaban J connectivity index is 0.000000150. The van der Waals surface area contributed by atoms with Gasteiger partial charge in [-0.1, -0.05) is 95.9 Å². The van der Waals surface area contributed by atoms with Gasteiger partial charge in [0.2, 0.25) is 17.6 Å². The normalized spacial score (nSPS) is 13.8. The molecule has 0 spiro atoms. The number of aromatic amines is 3. The lowest BCUT2D eigenvalue weighted by Gasteiger charge is -2.40. The number of benzene rings is 6. The van der Waals surface area contributed by atoms with Crippen LogP contribution >= 0.6 is 0 Å². The Kier molecular flexibility index (Phi) is 20.0. The van der Waals surface area contributed by atoms with Crippen LogP contribution in [0.3, 0.4) is 0 Å². The summed E-state index contributed by atoms with van der Waals surface area (Å²) in [5.74, 6) is 5.58. The zero-order chi connectivity index (χ0) is 64.6. The second-order valence-corrected chi connectivity index (χ2v) is 24.1. The molecule has 6 heterocycles. The highest BCUT2D eigenvalue weighted by molar-refractivity contribution is 5.99. The molecule has 17 heteroatoms. The molecule has 0 aliphatic carbocycles. The van der Waals surface area contributed by atoms with E-state index >= 15 is 0 Å². The number of terminal acetylenes is 1. The van der Waals surface area contributed by atoms with Crippen LogP contribution in [0.4, 0.5) is 0 Å². The van der Waals surface area contributed by atoms with Crippen LogP contribution in [-0.4, -0.2) is 148 Å². The quantitative estimate of drug-likeness (QED) is 0.0499.